The molecule has 2 fully saturated rings. The molecule has 0 aliphatic carbocycles. The lowest BCUT2D eigenvalue weighted by Crippen LogP contribution is -2.34. The molecule has 4 rings (SSSR count). The van der Waals surface area contributed by atoms with Crippen LogP contribution in [0.5, 0.6) is 0 Å². The van der Waals surface area contributed by atoms with E-state index >= 15 is 0 Å². The fraction of sp³-hybridized carbons (Fsp3) is 0.444. The minimum absolute atomic E-state index is 0.0522. The Kier molecular flexibility index (Phi) is 6.26. The number of hydrogen-bond acceptors (Lipinski definition) is 8. The minimum atomic E-state index is -3.84. The smallest absolute Gasteiger partial charge is 0.345 e. The zero-order valence-corrected chi connectivity index (χ0v) is 17.6. The normalized spacial score (nSPS) is 29.2. The van der Waals surface area contributed by atoms with Gasteiger partial charge in [0.05, 0.1) is 19.3 Å². The molecular formula is C18H20ClN2O8P. The molecule has 12 heteroatoms. The van der Waals surface area contributed by atoms with Crippen molar-refractivity contribution in [3.05, 3.63) is 67.4 Å². The Bertz CT molecular complexity index is 1090. The van der Waals surface area contributed by atoms with E-state index in [1.165, 1.54) is 10.8 Å². The number of nitrogens with zero attached hydrogens (tertiary/aromatic N) is 1. The number of nitrogens with one attached hydrogen (secondary N) is 1. The molecule has 2 aromatic rings. The number of aromatic amines is 1. The van der Waals surface area contributed by atoms with Gasteiger partial charge in [0.25, 0.3) is 5.56 Å². The SMILES string of the molecule is Cc1cn([C@H]2CO[C@@H](CO[P@]3(=O)OCC[C@H](c4cccc(Cl)c4)O3)O2)c(=O)[nH]c1=O. The first-order chi connectivity index (χ1) is 14.3. The molecule has 0 radical (unpaired) electrons. The van der Waals surface area contributed by atoms with E-state index in [1.807, 2.05) is 6.07 Å². The van der Waals surface area contributed by atoms with Crippen molar-refractivity contribution in [2.24, 2.45) is 0 Å². The molecule has 0 bridgehead atoms. The van der Waals surface area contributed by atoms with Crippen LogP contribution in [-0.2, 0) is 27.6 Å². The number of phosphoric ester groups is 1. The maximum Gasteiger partial charge on any atom is 0.475 e. The first-order valence-electron chi connectivity index (χ1n) is 9.25. The summed E-state index contributed by atoms with van der Waals surface area (Å²) >= 11 is 6.01. The lowest BCUT2D eigenvalue weighted by molar-refractivity contribution is -0.103. The van der Waals surface area contributed by atoms with Gasteiger partial charge < -0.3 is 9.47 Å². The molecule has 0 unspecified atom stereocenters. The quantitative estimate of drug-likeness (QED) is 0.679. The van der Waals surface area contributed by atoms with Gasteiger partial charge >= 0.3 is 13.5 Å². The van der Waals surface area contributed by atoms with Gasteiger partial charge in [0.2, 0.25) is 0 Å². The molecule has 30 heavy (non-hydrogen) atoms. The molecule has 1 aromatic heterocycles. The minimum Gasteiger partial charge on any atom is -0.345 e. The molecule has 1 N–H and O–H groups in total. The summed E-state index contributed by atoms with van der Waals surface area (Å²) in [5, 5.41) is 0.546. The summed E-state index contributed by atoms with van der Waals surface area (Å²) in [5.74, 6) is 0. The summed E-state index contributed by atoms with van der Waals surface area (Å²) in [6.07, 6.45) is -0.234. The van der Waals surface area contributed by atoms with Crippen LogP contribution in [0.4, 0.5) is 0 Å². The number of aryl methyl sites for hydroxylation is 1. The van der Waals surface area contributed by atoms with Crippen molar-refractivity contribution in [1.82, 2.24) is 9.55 Å². The first-order valence-corrected chi connectivity index (χ1v) is 11.1. The predicted octanol–water partition coefficient (Wildman–Crippen LogP) is 2.67. The van der Waals surface area contributed by atoms with Gasteiger partial charge in [0, 0.05) is 23.2 Å². The van der Waals surface area contributed by atoms with E-state index < -0.39 is 37.7 Å². The molecule has 0 amide bonds. The van der Waals surface area contributed by atoms with Crippen LogP contribution in [0, 0.1) is 6.92 Å². The first kappa shape index (κ1) is 21.5. The van der Waals surface area contributed by atoms with Crippen molar-refractivity contribution >= 4 is 19.4 Å². The number of benzene rings is 1. The van der Waals surface area contributed by atoms with Crippen molar-refractivity contribution < 1.29 is 27.6 Å². The van der Waals surface area contributed by atoms with E-state index in [1.54, 1.807) is 25.1 Å². The van der Waals surface area contributed by atoms with Gasteiger partial charge in [-0.2, -0.15) is 0 Å². The van der Waals surface area contributed by atoms with Crippen molar-refractivity contribution in [1.29, 1.82) is 0 Å². The molecule has 162 valence electrons. The fourth-order valence-corrected chi connectivity index (χ4v) is 4.71. The van der Waals surface area contributed by atoms with Crippen LogP contribution in [0.25, 0.3) is 0 Å². The predicted molar refractivity (Wildman–Crippen MR) is 105 cm³/mol. The second kappa shape index (κ2) is 8.76. The lowest BCUT2D eigenvalue weighted by atomic mass is 10.1. The maximum absolute atomic E-state index is 12.8. The van der Waals surface area contributed by atoms with Crippen LogP contribution in [0.15, 0.2) is 40.1 Å². The maximum atomic E-state index is 12.8. The van der Waals surface area contributed by atoms with Crippen molar-refractivity contribution in [3.8, 4) is 0 Å². The molecule has 4 atom stereocenters. The Morgan fingerprint density at radius 3 is 3.00 bits per heavy atom. The van der Waals surface area contributed by atoms with Crippen molar-refractivity contribution in [2.45, 2.75) is 32.0 Å². The van der Waals surface area contributed by atoms with Crippen LogP contribution in [-0.4, -0.2) is 35.7 Å². The van der Waals surface area contributed by atoms with Crippen LogP contribution < -0.4 is 11.2 Å². The van der Waals surface area contributed by atoms with Gasteiger partial charge in [-0.15, -0.1) is 0 Å². The highest BCUT2D eigenvalue weighted by molar-refractivity contribution is 7.48. The second-order valence-electron chi connectivity index (χ2n) is 6.85. The largest absolute Gasteiger partial charge is 0.475 e. The average Bonchev–Trinajstić information content (AvgIpc) is 3.18. The van der Waals surface area contributed by atoms with E-state index in [0.717, 1.165) is 5.56 Å². The van der Waals surface area contributed by atoms with Crippen LogP contribution in [0.2, 0.25) is 5.02 Å². The highest BCUT2D eigenvalue weighted by atomic mass is 35.5. The van der Waals surface area contributed by atoms with Gasteiger partial charge in [-0.05, 0) is 24.6 Å². The summed E-state index contributed by atoms with van der Waals surface area (Å²) in [6.45, 7) is 1.59. The van der Waals surface area contributed by atoms with Crippen LogP contribution in [0.1, 0.15) is 29.9 Å². The number of hydrogen-bond donors (Lipinski definition) is 1. The number of halogens is 1. The number of aromatic nitrogens is 2. The fourth-order valence-electron chi connectivity index (χ4n) is 3.14. The molecule has 2 aliphatic rings. The third kappa shape index (κ3) is 4.76. The molecule has 1 aromatic carbocycles. The Hall–Kier alpha value is -1.78. The molecular weight excluding hydrogens is 439 g/mol. The summed E-state index contributed by atoms with van der Waals surface area (Å²) in [6, 6.07) is 7.08. The van der Waals surface area contributed by atoms with Gasteiger partial charge in [0.15, 0.2) is 12.5 Å². The Labute approximate surface area is 176 Å². The Balaban J connectivity index is 1.37. The van der Waals surface area contributed by atoms with E-state index in [9.17, 15) is 14.2 Å². The zero-order valence-electron chi connectivity index (χ0n) is 16.0. The number of phosphoric acid groups is 1. The lowest BCUT2D eigenvalue weighted by Gasteiger charge is -2.29. The molecule has 0 spiro atoms. The topological polar surface area (TPSA) is 118 Å². The summed E-state index contributed by atoms with van der Waals surface area (Å²) in [5.41, 5.74) is 0.0557. The third-order valence-electron chi connectivity index (χ3n) is 4.66. The Morgan fingerprint density at radius 2 is 2.20 bits per heavy atom. The summed E-state index contributed by atoms with van der Waals surface area (Å²) < 4.78 is 41.4. The average molecular weight is 459 g/mol. The molecule has 2 aliphatic heterocycles. The standard InChI is InChI=1S/C18H20ClN2O8P/c1-11-8-21(18(23)20-17(11)22)15-9-25-16(28-15)10-27-30(24)26-6-5-14(29-30)12-3-2-4-13(19)7-12/h2-4,7-8,14-16H,5-6,9-10H2,1H3,(H,20,22,23)/t14-,15-,16-,30+/m1/s1. The van der Waals surface area contributed by atoms with E-state index in [4.69, 9.17) is 34.6 Å². The number of rotatable bonds is 5. The van der Waals surface area contributed by atoms with E-state index in [2.05, 4.69) is 4.98 Å². The van der Waals surface area contributed by atoms with Gasteiger partial charge in [-0.1, -0.05) is 23.7 Å². The second-order valence-corrected chi connectivity index (χ2v) is 8.90. The molecule has 2 saturated heterocycles. The van der Waals surface area contributed by atoms with Crippen molar-refractivity contribution in [2.75, 3.05) is 19.8 Å². The van der Waals surface area contributed by atoms with Gasteiger partial charge in [-0.25, -0.2) is 9.36 Å². The van der Waals surface area contributed by atoms with E-state index in [-0.39, 0.29) is 19.8 Å². The zero-order chi connectivity index (χ0) is 21.3. The van der Waals surface area contributed by atoms with E-state index in [0.29, 0.717) is 17.0 Å². The van der Waals surface area contributed by atoms with Crippen LogP contribution in [0.3, 0.4) is 0 Å². The highest BCUT2D eigenvalue weighted by Crippen LogP contribution is 2.57. The van der Waals surface area contributed by atoms with Gasteiger partial charge in [0.1, 0.15) is 6.61 Å². The number of H-pyrrole nitrogens is 1. The van der Waals surface area contributed by atoms with Crippen molar-refractivity contribution in [3.63, 3.8) is 0 Å². The number of ether oxygens (including phenoxy) is 2. The monoisotopic (exact) mass is 458 g/mol. The summed E-state index contributed by atoms with van der Waals surface area (Å²) in [4.78, 5) is 25.7. The molecule has 0 saturated carbocycles. The summed E-state index contributed by atoms with van der Waals surface area (Å²) in [7, 11) is -3.84. The Morgan fingerprint density at radius 1 is 1.37 bits per heavy atom. The van der Waals surface area contributed by atoms with Gasteiger partial charge in [-0.3, -0.25) is 27.9 Å². The van der Waals surface area contributed by atoms with Crippen LogP contribution >= 0.6 is 19.4 Å². The molecule has 3 heterocycles. The highest BCUT2D eigenvalue weighted by Gasteiger charge is 2.38. The third-order valence-corrected chi connectivity index (χ3v) is 6.38. The molecule has 10 nitrogen and oxygen atoms in total.